The van der Waals surface area contributed by atoms with E-state index >= 15 is 0 Å². The second kappa shape index (κ2) is 2.72. The van der Waals surface area contributed by atoms with Crippen molar-refractivity contribution >= 4 is 11.9 Å². The predicted molar refractivity (Wildman–Crippen MR) is 42.8 cm³/mol. The van der Waals surface area contributed by atoms with E-state index in [9.17, 15) is 9.59 Å². The van der Waals surface area contributed by atoms with Crippen LogP contribution in [-0.2, 0) is 19.1 Å². The van der Waals surface area contributed by atoms with Gasteiger partial charge in [-0.05, 0) is 13.3 Å². The monoisotopic (exact) mass is 184 g/mol. The molecule has 0 aromatic heterocycles. The highest BCUT2D eigenvalue weighted by Crippen LogP contribution is 2.39. The van der Waals surface area contributed by atoms with Crippen molar-refractivity contribution in [2.45, 2.75) is 32.3 Å². The first-order valence-corrected chi connectivity index (χ1v) is 4.49. The molecule has 4 nitrogen and oxygen atoms in total. The highest BCUT2D eigenvalue weighted by atomic mass is 16.6. The van der Waals surface area contributed by atoms with Crippen molar-refractivity contribution in [2.75, 3.05) is 6.61 Å². The summed E-state index contributed by atoms with van der Waals surface area (Å²) < 4.78 is 9.96. The fourth-order valence-corrected chi connectivity index (χ4v) is 1.89. The van der Waals surface area contributed by atoms with Gasteiger partial charge in [0.1, 0.15) is 11.5 Å². The van der Waals surface area contributed by atoms with Gasteiger partial charge in [-0.25, -0.2) is 0 Å². The Balaban J connectivity index is 2.14. The van der Waals surface area contributed by atoms with E-state index in [0.717, 1.165) is 0 Å². The van der Waals surface area contributed by atoms with Crippen LogP contribution in [0.3, 0.4) is 0 Å². The van der Waals surface area contributed by atoms with Gasteiger partial charge >= 0.3 is 11.9 Å². The smallest absolute Gasteiger partial charge is 0.315 e. The standard InChI is InChI=1S/C9H12O4/c1-9(4-5-12-8(9)11)6-2-3-7(10)13-6/h6H,2-5H2,1H3. The first-order valence-electron chi connectivity index (χ1n) is 4.49. The molecule has 2 unspecified atom stereocenters. The molecule has 2 atom stereocenters. The maximum Gasteiger partial charge on any atom is 0.315 e. The molecule has 0 aromatic rings. The van der Waals surface area contributed by atoms with Crippen molar-refractivity contribution in [2.24, 2.45) is 5.41 Å². The maximum atomic E-state index is 11.4. The number of hydrogen-bond acceptors (Lipinski definition) is 4. The van der Waals surface area contributed by atoms with Crippen molar-refractivity contribution in [3.8, 4) is 0 Å². The minimum Gasteiger partial charge on any atom is -0.465 e. The maximum absolute atomic E-state index is 11.4. The molecule has 0 N–H and O–H groups in total. The number of cyclic esters (lactones) is 2. The van der Waals surface area contributed by atoms with Crippen LogP contribution in [0.5, 0.6) is 0 Å². The zero-order valence-corrected chi connectivity index (χ0v) is 7.54. The van der Waals surface area contributed by atoms with Crippen molar-refractivity contribution in [1.82, 2.24) is 0 Å². The third-order valence-electron chi connectivity index (χ3n) is 2.92. The van der Waals surface area contributed by atoms with E-state index in [0.29, 0.717) is 25.9 Å². The van der Waals surface area contributed by atoms with E-state index in [-0.39, 0.29) is 18.0 Å². The molecule has 4 heteroatoms. The zero-order chi connectivity index (χ0) is 9.47. The number of carbonyl (C=O) groups is 2. The molecule has 0 bridgehead atoms. The number of ether oxygens (including phenoxy) is 2. The summed E-state index contributed by atoms with van der Waals surface area (Å²) in [5.41, 5.74) is -0.591. The quantitative estimate of drug-likeness (QED) is 0.561. The van der Waals surface area contributed by atoms with Crippen LogP contribution < -0.4 is 0 Å². The van der Waals surface area contributed by atoms with Gasteiger partial charge in [-0.15, -0.1) is 0 Å². The fraction of sp³-hybridized carbons (Fsp3) is 0.778. The van der Waals surface area contributed by atoms with Gasteiger partial charge < -0.3 is 9.47 Å². The van der Waals surface area contributed by atoms with Gasteiger partial charge in [0, 0.05) is 12.8 Å². The van der Waals surface area contributed by atoms with Gasteiger partial charge in [-0.1, -0.05) is 0 Å². The average molecular weight is 184 g/mol. The Morgan fingerprint density at radius 2 is 2.23 bits per heavy atom. The highest BCUT2D eigenvalue weighted by molar-refractivity contribution is 5.81. The van der Waals surface area contributed by atoms with Gasteiger partial charge in [0.05, 0.1) is 6.61 Å². The van der Waals surface area contributed by atoms with E-state index in [1.807, 2.05) is 6.92 Å². The summed E-state index contributed by atoms with van der Waals surface area (Å²) >= 11 is 0. The van der Waals surface area contributed by atoms with E-state index in [4.69, 9.17) is 9.47 Å². The molecule has 0 amide bonds. The van der Waals surface area contributed by atoms with Crippen LogP contribution in [0.4, 0.5) is 0 Å². The molecular formula is C9H12O4. The van der Waals surface area contributed by atoms with E-state index < -0.39 is 5.41 Å². The molecule has 2 rings (SSSR count). The van der Waals surface area contributed by atoms with E-state index in [1.54, 1.807) is 0 Å². The highest BCUT2D eigenvalue weighted by Gasteiger charge is 2.50. The summed E-state index contributed by atoms with van der Waals surface area (Å²) in [6.07, 6.45) is 1.46. The van der Waals surface area contributed by atoms with Crippen molar-refractivity contribution in [3.05, 3.63) is 0 Å². The Kier molecular flexibility index (Phi) is 1.78. The number of esters is 2. The summed E-state index contributed by atoms with van der Waals surface area (Å²) in [7, 11) is 0. The van der Waals surface area contributed by atoms with Crippen molar-refractivity contribution < 1.29 is 19.1 Å². The van der Waals surface area contributed by atoms with Crippen molar-refractivity contribution in [3.63, 3.8) is 0 Å². The molecule has 0 spiro atoms. The number of rotatable bonds is 1. The summed E-state index contributed by atoms with van der Waals surface area (Å²) in [5.74, 6) is -0.432. The van der Waals surface area contributed by atoms with Crippen LogP contribution in [0.25, 0.3) is 0 Å². The molecule has 72 valence electrons. The Morgan fingerprint density at radius 1 is 1.46 bits per heavy atom. The lowest BCUT2D eigenvalue weighted by Gasteiger charge is -2.24. The summed E-state index contributed by atoms with van der Waals surface area (Å²) in [5, 5.41) is 0. The Labute approximate surface area is 76.2 Å². The van der Waals surface area contributed by atoms with Gasteiger partial charge in [-0.2, -0.15) is 0 Å². The molecule has 2 aliphatic heterocycles. The first kappa shape index (κ1) is 8.53. The van der Waals surface area contributed by atoms with E-state index in [2.05, 4.69) is 0 Å². The molecule has 2 heterocycles. The predicted octanol–water partition coefficient (Wildman–Crippen LogP) is 0.645. The average Bonchev–Trinajstić information content (AvgIpc) is 2.62. The zero-order valence-electron chi connectivity index (χ0n) is 7.54. The van der Waals surface area contributed by atoms with Gasteiger partial charge in [0.15, 0.2) is 0 Å². The summed E-state index contributed by atoms with van der Waals surface area (Å²) in [6, 6.07) is 0. The topological polar surface area (TPSA) is 52.6 Å². The van der Waals surface area contributed by atoms with Crippen LogP contribution in [0.2, 0.25) is 0 Å². The Hall–Kier alpha value is -1.06. The lowest BCUT2D eigenvalue weighted by molar-refractivity contribution is -0.156. The SMILES string of the molecule is CC1(C2CCC(=O)O2)CCOC1=O. The number of carbonyl (C=O) groups excluding carboxylic acids is 2. The third kappa shape index (κ3) is 1.20. The van der Waals surface area contributed by atoms with Crippen LogP contribution in [-0.4, -0.2) is 24.6 Å². The van der Waals surface area contributed by atoms with Crippen molar-refractivity contribution in [1.29, 1.82) is 0 Å². The second-order valence-corrected chi connectivity index (χ2v) is 3.82. The molecular weight excluding hydrogens is 172 g/mol. The molecule has 13 heavy (non-hydrogen) atoms. The number of hydrogen-bond donors (Lipinski definition) is 0. The molecule has 2 aliphatic rings. The largest absolute Gasteiger partial charge is 0.465 e. The summed E-state index contributed by atoms with van der Waals surface area (Å²) in [6.45, 7) is 2.26. The molecule has 0 aliphatic carbocycles. The second-order valence-electron chi connectivity index (χ2n) is 3.82. The minimum atomic E-state index is -0.591. The van der Waals surface area contributed by atoms with Crippen LogP contribution in [0.1, 0.15) is 26.2 Å². The third-order valence-corrected chi connectivity index (χ3v) is 2.92. The molecule has 0 aromatic carbocycles. The Bertz CT molecular complexity index is 260. The Morgan fingerprint density at radius 3 is 2.69 bits per heavy atom. The van der Waals surface area contributed by atoms with Crippen LogP contribution in [0, 0.1) is 5.41 Å². The first-order chi connectivity index (χ1) is 6.13. The molecule has 2 saturated heterocycles. The lowest BCUT2D eigenvalue weighted by atomic mass is 9.81. The summed E-state index contributed by atoms with van der Waals surface area (Å²) in [4.78, 5) is 22.3. The van der Waals surface area contributed by atoms with Gasteiger partial charge in [0.25, 0.3) is 0 Å². The molecule has 2 fully saturated rings. The normalized spacial score (nSPS) is 39.0. The van der Waals surface area contributed by atoms with Gasteiger partial charge in [-0.3, -0.25) is 9.59 Å². The molecule has 0 radical (unpaired) electrons. The van der Waals surface area contributed by atoms with Crippen LogP contribution in [0.15, 0.2) is 0 Å². The minimum absolute atomic E-state index is 0.203. The van der Waals surface area contributed by atoms with Gasteiger partial charge in [0.2, 0.25) is 0 Å². The van der Waals surface area contributed by atoms with Crippen LogP contribution >= 0.6 is 0 Å². The van der Waals surface area contributed by atoms with E-state index in [1.165, 1.54) is 0 Å². The fourth-order valence-electron chi connectivity index (χ4n) is 1.89. The lowest BCUT2D eigenvalue weighted by Crippen LogP contribution is -2.36. The molecule has 0 saturated carbocycles.